The number of tetrazole rings is 1. The second-order valence-corrected chi connectivity index (χ2v) is 9.20. The minimum Gasteiger partial charge on any atom is -0.476 e. The van der Waals surface area contributed by atoms with Gasteiger partial charge in [0.05, 0.1) is 6.20 Å². The third-order valence-corrected chi connectivity index (χ3v) is 6.57. The van der Waals surface area contributed by atoms with Crippen LogP contribution in [-0.2, 0) is 13.0 Å². The van der Waals surface area contributed by atoms with Gasteiger partial charge < -0.3 is 9.67 Å². The molecule has 200 valence electrons. The lowest BCUT2D eigenvalue weighted by Gasteiger charge is -2.13. The normalized spacial score (nSPS) is 11.4. The molecule has 10 nitrogen and oxygen atoms in total. The first kappa shape index (κ1) is 26.2. The molecule has 5 rings (SSSR count). The molecule has 2 aromatic carbocycles. The Balaban J connectivity index is 1.51. The number of carboxylic acids is 1. The molecule has 3 aromatic heterocycles. The van der Waals surface area contributed by atoms with E-state index < -0.39 is 12.5 Å². The summed E-state index contributed by atoms with van der Waals surface area (Å²) in [5, 5.41) is 27.7. The van der Waals surface area contributed by atoms with Crippen LogP contribution in [-0.4, -0.2) is 51.0 Å². The Morgan fingerprint density at radius 2 is 1.87 bits per heavy atom. The number of carbonyl (C=O) groups is 1. The molecule has 0 atom stereocenters. The number of benzene rings is 2. The highest BCUT2D eigenvalue weighted by atomic mass is 35.5. The van der Waals surface area contributed by atoms with E-state index in [0.717, 1.165) is 29.5 Å². The van der Waals surface area contributed by atoms with E-state index in [1.165, 1.54) is 12.4 Å². The van der Waals surface area contributed by atoms with Gasteiger partial charge in [-0.05, 0) is 46.0 Å². The maximum Gasteiger partial charge on any atom is 0.355 e. The van der Waals surface area contributed by atoms with Gasteiger partial charge in [-0.2, -0.15) is 19.1 Å². The summed E-state index contributed by atoms with van der Waals surface area (Å²) in [7, 11) is 0. The standard InChI is InChI=1S/C26H23ClF2N8O2/c1-2-3-4-21-31-23(27)22(25(38)39)36(21)13-15-5-7-16(8-6-15)20-11-17(18-12-30-37(14-18)26(28)29)9-10-19(20)24-32-34-35-33-24/h5-12,14,26H,2-4,13H2,1H3,(H,38,39)(H,32,33,34,35). The predicted octanol–water partition coefficient (Wildman–Crippen LogP) is 5.73. The molecule has 0 amide bonds. The van der Waals surface area contributed by atoms with Crippen molar-refractivity contribution in [3.05, 3.63) is 77.1 Å². The molecule has 0 spiro atoms. The summed E-state index contributed by atoms with van der Waals surface area (Å²) in [4.78, 5) is 16.2. The van der Waals surface area contributed by atoms with E-state index in [1.54, 1.807) is 16.7 Å². The smallest absolute Gasteiger partial charge is 0.355 e. The lowest BCUT2D eigenvalue weighted by molar-refractivity contribution is 0.0566. The Hall–Kier alpha value is -4.45. The SMILES string of the molecule is CCCCc1nc(Cl)c(C(=O)O)n1Cc1ccc(-c2cc(-c3cnn(C(F)F)c3)ccc2-c2nn[nH]n2)cc1. The Bertz CT molecular complexity index is 1600. The van der Waals surface area contributed by atoms with Crippen LogP contribution in [0.1, 0.15) is 48.2 Å². The number of H-pyrrole nitrogens is 1. The van der Waals surface area contributed by atoms with Gasteiger partial charge in [-0.15, -0.1) is 10.2 Å². The lowest BCUT2D eigenvalue weighted by atomic mass is 9.94. The van der Waals surface area contributed by atoms with Crippen molar-refractivity contribution in [3.63, 3.8) is 0 Å². The number of carboxylic acid groups (broad SMARTS) is 1. The number of hydrogen-bond acceptors (Lipinski definition) is 6. The van der Waals surface area contributed by atoms with Crippen LogP contribution >= 0.6 is 11.6 Å². The molecule has 0 saturated carbocycles. The number of alkyl halides is 2. The van der Waals surface area contributed by atoms with Crippen molar-refractivity contribution in [1.29, 1.82) is 0 Å². The monoisotopic (exact) mass is 552 g/mol. The molecule has 0 unspecified atom stereocenters. The van der Waals surface area contributed by atoms with E-state index >= 15 is 0 Å². The summed E-state index contributed by atoms with van der Waals surface area (Å²) in [5.74, 6) is -0.132. The molecular formula is C26H23ClF2N8O2. The van der Waals surface area contributed by atoms with Crippen molar-refractivity contribution in [2.45, 2.75) is 39.3 Å². The zero-order valence-corrected chi connectivity index (χ0v) is 21.5. The first-order valence-electron chi connectivity index (χ1n) is 12.1. The third-order valence-electron chi connectivity index (χ3n) is 6.31. The third kappa shape index (κ3) is 5.41. The average Bonchev–Trinajstić information content (AvgIpc) is 3.68. The Morgan fingerprint density at radius 3 is 2.51 bits per heavy atom. The number of nitrogens with one attached hydrogen (secondary N) is 1. The predicted molar refractivity (Wildman–Crippen MR) is 139 cm³/mol. The highest BCUT2D eigenvalue weighted by Crippen LogP contribution is 2.35. The van der Waals surface area contributed by atoms with Crippen molar-refractivity contribution in [2.75, 3.05) is 0 Å². The van der Waals surface area contributed by atoms with Crippen LogP contribution in [0.5, 0.6) is 0 Å². The number of rotatable bonds is 10. The fraction of sp³-hybridized carbons (Fsp3) is 0.231. The molecule has 0 saturated heterocycles. The van der Waals surface area contributed by atoms with E-state index in [2.05, 4.69) is 37.6 Å². The molecule has 3 heterocycles. The van der Waals surface area contributed by atoms with Crippen molar-refractivity contribution in [2.24, 2.45) is 0 Å². The first-order valence-corrected chi connectivity index (χ1v) is 12.5. The van der Waals surface area contributed by atoms with E-state index in [4.69, 9.17) is 11.6 Å². The molecular weight excluding hydrogens is 530 g/mol. The van der Waals surface area contributed by atoms with Crippen molar-refractivity contribution in [1.82, 2.24) is 40.0 Å². The fourth-order valence-corrected chi connectivity index (χ4v) is 4.65. The van der Waals surface area contributed by atoms with Crippen LogP contribution in [0.4, 0.5) is 8.78 Å². The molecule has 5 aromatic rings. The van der Waals surface area contributed by atoms with Crippen LogP contribution < -0.4 is 0 Å². The van der Waals surface area contributed by atoms with Crippen molar-refractivity contribution < 1.29 is 18.7 Å². The number of aromatic carboxylic acids is 1. The zero-order valence-electron chi connectivity index (χ0n) is 20.7. The van der Waals surface area contributed by atoms with Gasteiger partial charge in [0, 0.05) is 30.3 Å². The highest BCUT2D eigenvalue weighted by Gasteiger charge is 2.22. The first-order chi connectivity index (χ1) is 18.9. The Labute approximate surface area is 226 Å². The van der Waals surface area contributed by atoms with Crippen LogP contribution in [0.2, 0.25) is 5.15 Å². The maximum absolute atomic E-state index is 13.1. The summed E-state index contributed by atoms with van der Waals surface area (Å²) >= 11 is 6.17. The zero-order chi connectivity index (χ0) is 27.5. The molecule has 0 fully saturated rings. The van der Waals surface area contributed by atoms with Gasteiger partial charge in [-0.25, -0.2) is 14.5 Å². The van der Waals surface area contributed by atoms with E-state index in [0.29, 0.717) is 39.4 Å². The quantitative estimate of drug-likeness (QED) is 0.226. The van der Waals surface area contributed by atoms with Gasteiger partial charge in [0.2, 0.25) is 5.82 Å². The molecule has 0 radical (unpaired) electrons. The fourth-order valence-electron chi connectivity index (χ4n) is 4.37. The molecule has 0 aliphatic heterocycles. The Morgan fingerprint density at radius 1 is 1.10 bits per heavy atom. The number of aryl methyl sites for hydroxylation is 1. The number of aromatic amines is 1. The second-order valence-electron chi connectivity index (χ2n) is 8.84. The number of nitrogens with zero attached hydrogens (tertiary/aromatic N) is 7. The minimum absolute atomic E-state index is 0.0260. The topological polar surface area (TPSA) is 127 Å². The van der Waals surface area contributed by atoms with Crippen LogP contribution in [0, 0.1) is 0 Å². The number of unbranched alkanes of at least 4 members (excludes halogenated alkanes) is 1. The highest BCUT2D eigenvalue weighted by molar-refractivity contribution is 6.32. The summed E-state index contributed by atoms with van der Waals surface area (Å²) in [6, 6.07) is 13.0. The van der Waals surface area contributed by atoms with Gasteiger partial charge in [0.15, 0.2) is 10.8 Å². The van der Waals surface area contributed by atoms with Gasteiger partial charge in [0.1, 0.15) is 5.82 Å². The average molecular weight is 553 g/mol. The summed E-state index contributed by atoms with van der Waals surface area (Å²) in [5.41, 5.74) is 4.30. The maximum atomic E-state index is 13.1. The van der Waals surface area contributed by atoms with E-state index in [-0.39, 0.29) is 17.4 Å². The number of halogens is 3. The number of aromatic nitrogens is 8. The number of hydrogen-bond donors (Lipinski definition) is 2. The second kappa shape index (κ2) is 11.1. The summed E-state index contributed by atoms with van der Waals surface area (Å²) < 4.78 is 28.4. The molecule has 0 aliphatic carbocycles. The summed E-state index contributed by atoms with van der Waals surface area (Å²) in [6.07, 6.45) is 5.08. The molecule has 0 aliphatic rings. The lowest BCUT2D eigenvalue weighted by Crippen LogP contribution is -2.13. The minimum atomic E-state index is -2.74. The van der Waals surface area contributed by atoms with Crippen molar-refractivity contribution in [3.8, 4) is 33.6 Å². The van der Waals surface area contributed by atoms with Crippen LogP contribution in [0.25, 0.3) is 33.6 Å². The largest absolute Gasteiger partial charge is 0.476 e. The molecule has 0 bridgehead atoms. The summed E-state index contributed by atoms with van der Waals surface area (Å²) in [6.45, 7) is -0.404. The van der Waals surface area contributed by atoms with Crippen molar-refractivity contribution >= 4 is 17.6 Å². The molecule has 13 heteroatoms. The van der Waals surface area contributed by atoms with Crippen LogP contribution in [0.15, 0.2) is 54.9 Å². The van der Waals surface area contributed by atoms with Gasteiger partial charge in [-0.3, -0.25) is 0 Å². The van der Waals surface area contributed by atoms with Gasteiger partial charge >= 0.3 is 12.5 Å². The van der Waals surface area contributed by atoms with Gasteiger partial charge in [0.25, 0.3) is 0 Å². The van der Waals surface area contributed by atoms with Gasteiger partial charge in [-0.1, -0.05) is 55.3 Å². The van der Waals surface area contributed by atoms with Crippen LogP contribution in [0.3, 0.4) is 0 Å². The molecule has 2 N–H and O–H groups in total. The van der Waals surface area contributed by atoms with E-state index in [1.807, 2.05) is 30.3 Å². The Kier molecular flexibility index (Phi) is 7.46. The molecule has 39 heavy (non-hydrogen) atoms. The number of imidazole rings is 1. The van der Waals surface area contributed by atoms with E-state index in [9.17, 15) is 18.7 Å².